The summed E-state index contributed by atoms with van der Waals surface area (Å²) < 4.78 is 4.24. The highest BCUT2D eigenvalue weighted by molar-refractivity contribution is 7.09. The molecule has 0 bridgehead atoms. The molecule has 0 atom stereocenters. The normalized spacial score (nSPS) is 10.4. The summed E-state index contributed by atoms with van der Waals surface area (Å²) in [6.07, 6.45) is 0. The van der Waals surface area contributed by atoms with Crippen molar-refractivity contribution in [1.82, 2.24) is 9.36 Å². The Bertz CT molecular complexity index is 462. The third kappa shape index (κ3) is 1.61. The molecule has 3 nitrogen and oxygen atoms in total. The lowest BCUT2D eigenvalue weighted by atomic mass is 10.1. The van der Waals surface area contributed by atoms with Crippen LogP contribution < -0.4 is 5.73 Å². The van der Waals surface area contributed by atoms with E-state index in [0.717, 1.165) is 21.8 Å². The summed E-state index contributed by atoms with van der Waals surface area (Å²) in [7, 11) is 0. The lowest BCUT2D eigenvalue weighted by Crippen LogP contribution is -1.93. The Labute approximate surface area is 86.8 Å². The third-order valence-electron chi connectivity index (χ3n) is 2.00. The van der Waals surface area contributed by atoms with Crippen LogP contribution in [0.15, 0.2) is 18.2 Å². The van der Waals surface area contributed by atoms with Gasteiger partial charge in [-0.15, -0.1) is 0 Å². The van der Waals surface area contributed by atoms with Gasteiger partial charge in [0.2, 0.25) is 0 Å². The number of hydrogen-bond donors (Lipinski definition) is 1. The number of anilines is 1. The molecular weight excluding hydrogens is 194 g/mol. The Hall–Kier alpha value is -1.42. The number of nitrogens with two attached hydrogens (primary N) is 1. The molecule has 4 heteroatoms. The number of aryl methyl sites for hydroxylation is 2. The van der Waals surface area contributed by atoms with E-state index in [9.17, 15) is 0 Å². The maximum absolute atomic E-state index is 5.59. The largest absolute Gasteiger partial charge is 0.384 e. The van der Waals surface area contributed by atoms with Crippen molar-refractivity contribution in [3.8, 4) is 10.4 Å². The van der Waals surface area contributed by atoms with E-state index >= 15 is 0 Å². The fraction of sp³-hybridized carbons (Fsp3) is 0.200. The lowest BCUT2D eigenvalue weighted by Gasteiger charge is -2.01. The highest BCUT2D eigenvalue weighted by Crippen LogP contribution is 2.27. The Morgan fingerprint density at radius 2 is 2.07 bits per heavy atom. The number of pyridine rings is 1. The zero-order valence-corrected chi connectivity index (χ0v) is 8.93. The molecule has 0 spiro atoms. The topological polar surface area (TPSA) is 51.8 Å². The van der Waals surface area contributed by atoms with Crippen molar-refractivity contribution in [2.24, 2.45) is 0 Å². The van der Waals surface area contributed by atoms with Gasteiger partial charge in [0, 0.05) is 11.3 Å². The van der Waals surface area contributed by atoms with Crippen LogP contribution in [0.5, 0.6) is 0 Å². The Kier molecular flexibility index (Phi) is 2.21. The van der Waals surface area contributed by atoms with Gasteiger partial charge in [0.15, 0.2) is 0 Å². The summed E-state index contributed by atoms with van der Waals surface area (Å²) in [5.74, 6) is 0.562. The summed E-state index contributed by atoms with van der Waals surface area (Å²) >= 11 is 1.49. The second-order valence-electron chi connectivity index (χ2n) is 3.20. The van der Waals surface area contributed by atoms with Crippen molar-refractivity contribution in [2.45, 2.75) is 13.8 Å². The first-order chi connectivity index (χ1) is 6.66. The molecule has 2 rings (SSSR count). The van der Waals surface area contributed by atoms with Crippen LogP contribution >= 0.6 is 11.5 Å². The van der Waals surface area contributed by atoms with Crippen LogP contribution in [0.2, 0.25) is 0 Å². The molecule has 2 aromatic rings. The first-order valence-corrected chi connectivity index (χ1v) is 5.11. The molecule has 0 saturated carbocycles. The van der Waals surface area contributed by atoms with Crippen molar-refractivity contribution in [3.05, 3.63) is 29.6 Å². The molecule has 0 saturated heterocycles. The highest BCUT2D eigenvalue weighted by Gasteiger charge is 2.06. The fourth-order valence-electron chi connectivity index (χ4n) is 1.33. The standard InChI is InChI=1S/C10H11N3S/c1-6-5-9(14-13-6)8-3-4-10(11)12-7(8)2/h3-5H,1-2H3,(H2,11,12). The number of nitrogens with zero attached hydrogens (tertiary/aromatic N) is 2. The van der Waals surface area contributed by atoms with E-state index in [4.69, 9.17) is 5.73 Å². The highest BCUT2D eigenvalue weighted by atomic mass is 32.1. The lowest BCUT2D eigenvalue weighted by molar-refractivity contribution is 1.22. The molecule has 0 radical (unpaired) electrons. The average Bonchev–Trinajstić information content (AvgIpc) is 2.51. The van der Waals surface area contributed by atoms with Crippen molar-refractivity contribution in [1.29, 1.82) is 0 Å². The van der Waals surface area contributed by atoms with E-state index in [-0.39, 0.29) is 0 Å². The molecule has 0 amide bonds. The molecule has 0 aromatic carbocycles. The molecule has 2 aromatic heterocycles. The summed E-state index contributed by atoms with van der Waals surface area (Å²) in [4.78, 5) is 5.36. The summed E-state index contributed by atoms with van der Waals surface area (Å²) in [6, 6.07) is 5.87. The molecule has 0 aliphatic heterocycles. The minimum atomic E-state index is 0.562. The molecular formula is C10H11N3S. The van der Waals surface area contributed by atoms with Crippen LogP contribution in [0, 0.1) is 13.8 Å². The van der Waals surface area contributed by atoms with Crippen LogP contribution in [0.3, 0.4) is 0 Å². The minimum absolute atomic E-state index is 0.562. The molecule has 0 aliphatic rings. The van der Waals surface area contributed by atoms with Gasteiger partial charge in [0.25, 0.3) is 0 Å². The second-order valence-corrected chi connectivity index (χ2v) is 4.01. The van der Waals surface area contributed by atoms with E-state index < -0.39 is 0 Å². The third-order valence-corrected chi connectivity index (χ3v) is 2.91. The summed E-state index contributed by atoms with van der Waals surface area (Å²) in [5.41, 5.74) is 8.70. The van der Waals surface area contributed by atoms with E-state index in [1.807, 2.05) is 26.0 Å². The predicted octanol–water partition coefficient (Wildman–Crippen LogP) is 2.40. The fourth-order valence-corrected chi connectivity index (χ4v) is 2.16. The number of rotatable bonds is 1. The zero-order chi connectivity index (χ0) is 10.1. The van der Waals surface area contributed by atoms with E-state index in [1.165, 1.54) is 11.5 Å². The van der Waals surface area contributed by atoms with Gasteiger partial charge in [-0.05, 0) is 43.6 Å². The van der Waals surface area contributed by atoms with Gasteiger partial charge < -0.3 is 5.73 Å². The number of nitrogen functional groups attached to an aromatic ring is 1. The van der Waals surface area contributed by atoms with Gasteiger partial charge in [0.05, 0.1) is 10.6 Å². The zero-order valence-electron chi connectivity index (χ0n) is 8.11. The number of aromatic nitrogens is 2. The van der Waals surface area contributed by atoms with Crippen molar-refractivity contribution in [2.75, 3.05) is 5.73 Å². The van der Waals surface area contributed by atoms with Gasteiger partial charge in [-0.1, -0.05) is 0 Å². The van der Waals surface area contributed by atoms with Crippen LogP contribution in [-0.2, 0) is 0 Å². The van der Waals surface area contributed by atoms with E-state index in [1.54, 1.807) is 0 Å². The predicted molar refractivity (Wildman–Crippen MR) is 59.2 cm³/mol. The van der Waals surface area contributed by atoms with Gasteiger partial charge in [-0.3, -0.25) is 0 Å². The Morgan fingerprint density at radius 1 is 1.29 bits per heavy atom. The van der Waals surface area contributed by atoms with Crippen LogP contribution in [0.4, 0.5) is 5.82 Å². The van der Waals surface area contributed by atoms with Gasteiger partial charge in [-0.2, -0.15) is 4.37 Å². The Morgan fingerprint density at radius 3 is 2.64 bits per heavy atom. The van der Waals surface area contributed by atoms with Gasteiger partial charge in [-0.25, -0.2) is 4.98 Å². The summed E-state index contributed by atoms with van der Waals surface area (Å²) in [5, 5.41) is 0. The van der Waals surface area contributed by atoms with Crippen LogP contribution in [-0.4, -0.2) is 9.36 Å². The van der Waals surface area contributed by atoms with E-state index in [2.05, 4.69) is 15.4 Å². The van der Waals surface area contributed by atoms with Crippen molar-refractivity contribution >= 4 is 17.4 Å². The van der Waals surface area contributed by atoms with Crippen molar-refractivity contribution in [3.63, 3.8) is 0 Å². The Balaban J connectivity index is 2.52. The molecule has 0 aliphatic carbocycles. The monoisotopic (exact) mass is 205 g/mol. The van der Waals surface area contributed by atoms with Crippen LogP contribution in [0.25, 0.3) is 10.4 Å². The van der Waals surface area contributed by atoms with Crippen LogP contribution in [0.1, 0.15) is 11.4 Å². The summed E-state index contributed by atoms with van der Waals surface area (Å²) in [6.45, 7) is 3.95. The maximum atomic E-state index is 5.59. The first-order valence-electron chi connectivity index (χ1n) is 4.33. The maximum Gasteiger partial charge on any atom is 0.123 e. The quantitative estimate of drug-likeness (QED) is 0.777. The molecule has 0 unspecified atom stereocenters. The molecule has 2 N–H and O–H groups in total. The molecule has 2 heterocycles. The van der Waals surface area contributed by atoms with Crippen molar-refractivity contribution < 1.29 is 0 Å². The molecule has 72 valence electrons. The molecule has 0 fully saturated rings. The van der Waals surface area contributed by atoms with E-state index in [0.29, 0.717) is 5.82 Å². The van der Waals surface area contributed by atoms with Gasteiger partial charge in [0.1, 0.15) is 5.82 Å². The average molecular weight is 205 g/mol. The SMILES string of the molecule is Cc1cc(-c2ccc(N)nc2C)sn1. The smallest absolute Gasteiger partial charge is 0.123 e. The number of hydrogen-bond acceptors (Lipinski definition) is 4. The molecule has 14 heavy (non-hydrogen) atoms. The van der Waals surface area contributed by atoms with Gasteiger partial charge >= 0.3 is 0 Å². The minimum Gasteiger partial charge on any atom is -0.384 e. The second kappa shape index (κ2) is 3.38. The first kappa shape index (κ1) is 9.15.